The monoisotopic (exact) mass is 707 g/mol. The summed E-state index contributed by atoms with van der Waals surface area (Å²) in [5.74, 6) is 0.114. The number of methoxy groups -OCH3 is 1. The highest BCUT2D eigenvalue weighted by Gasteiger charge is 2.54. The van der Waals surface area contributed by atoms with Crippen LogP contribution in [0, 0.1) is 17.7 Å². The van der Waals surface area contributed by atoms with Gasteiger partial charge in [-0.1, -0.05) is 18.6 Å². The maximum atomic E-state index is 16.1. The summed E-state index contributed by atoms with van der Waals surface area (Å²) in [6.45, 7) is 5.16. The van der Waals surface area contributed by atoms with E-state index in [1.165, 1.54) is 37.7 Å². The van der Waals surface area contributed by atoms with Gasteiger partial charge in [0.15, 0.2) is 5.67 Å². The zero-order valence-electron chi connectivity index (χ0n) is 28.6. The summed E-state index contributed by atoms with van der Waals surface area (Å²) in [4.78, 5) is 23.4. The largest absolute Gasteiger partial charge is 0.453 e. The molecule has 3 aliphatic heterocycles. The minimum absolute atomic E-state index is 0.0649. The maximum absolute atomic E-state index is 16.1. The summed E-state index contributed by atoms with van der Waals surface area (Å²) in [6, 6.07) is 16.6. The van der Waals surface area contributed by atoms with Gasteiger partial charge in [-0.05, 0) is 124 Å². The third-order valence-electron chi connectivity index (χ3n) is 11.7. The summed E-state index contributed by atoms with van der Waals surface area (Å²) in [6.07, 6.45) is 8.14. The molecule has 4 aliphatic rings. The summed E-state index contributed by atoms with van der Waals surface area (Å²) < 4.78 is 62.1. The second kappa shape index (κ2) is 14.2. The molecule has 1 aliphatic carbocycles. The topological polar surface area (TPSA) is 95.1 Å². The van der Waals surface area contributed by atoms with Crippen molar-refractivity contribution < 1.29 is 26.7 Å². The van der Waals surface area contributed by atoms with Crippen molar-refractivity contribution in [2.45, 2.75) is 65.4 Å². The molecule has 3 atom stereocenters. The molecule has 4 heterocycles. The normalized spacial score (nSPS) is 24.2. The van der Waals surface area contributed by atoms with E-state index in [-0.39, 0.29) is 52.0 Å². The number of benzene rings is 2. The second-order valence-electron chi connectivity index (χ2n) is 14.7. The highest BCUT2D eigenvalue weighted by atomic mass is 32.2. The van der Waals surface area contributed by atoms with Crippen molar-refractivity contribution in [1.82, 2.24) is 20.1 Å². The van der Waals surface area contributed by atoms with Gasteiger partial charge in [0, 0.05) is 42.6 Å². The van der Waals surface area contributed by atoms with E-state index in [9.17, 15) is 17.6 Å². The molecular weight excluding hydrogens is 661 g/mol. The van der Waals surface area contributed by atoms with Crippen molar-refractivity contribution in [2.75, 3.05) is 64.4 Å². The molecule has 1 saturated carbocycles. The lowest BCUT2D eigenvalue weighted by Crippen LogP contribution is -2.65. The second-order valence-corrected chi connectivity index (χ2v) is 16.6. The summed E-state index contributed by atoms with van der Waals surface area (Å²) in [5.41, 5.74) is 0.0623. The number of hydrogen-bond donors (Lipinski definition) is 1. The first-order valence-electron chi connectivity index (χ1n) is 17.8. The Kier molecular flexibility index (Phi) is 9.88. The van der Waals surface area contributed by atoms with Gasteiger partial charge in [0.1, 0.15) is 5.82 Å². The van der Waals surface area contributed by atoms with Crippen molar-refractivity contribution in [3.63, 3.8) is 0 Å². The van der Waals surface area contributed by atoms with Crippen LogP contribution in [0.3, 0.4) is 0 Å². The molecule has 1 amide bonds. The number of carbonyl (C=O) groups is 1. The minimum atomic E-state index is -3.65. The lowest BCUT2D eigenvalue weighted by molar-refractivity contribution is 0.00584. The Morgan fingerprint density at radius 3 is 2.28 bits per heavy atom. The highest BCUT2D eigenvalue weighted by Crippen LogP contribution is 2.51. The van der Waals surface area contributed by atoms with E-state index < -0.39 is 21.6 Å². The van der Waals surface area contributed by atoms with Crippen LogP contribution in [-0.2, 0) is 20.0 Å². The van der Waals surface area contributed by atoms with Gasteiger partial charge in [0.2, 0.25) is 9.84 Å². The number of piperidine rings is 1. The van der Waals surface area contributed by atoms with E-state index in [4.69, 9.17) is 4.74 Å². The van der Waals surface area contributed by atoms with Gasteiger partial charge in [0.25, 0.3) is 0 Å². The van der Waals surface area contributed by atoms with Crippen LogP contribution in [0.15, 0.2) is 82.8 Å². The number of likely N-dealkylation sites (tertiary alicyclic amines) is 2. The highest BCUT2D eigenvalue weighted by molar-refractivity contribution is 7.91. The van der Waals surface area contributed by atoms with E-state index in [1.54, 1.807) is 30.3 Å². The van der Waals surface area contributed by atoms with Gasteiger partial charge in [-0.2, -0.15) is 0 Å². The molecule has 4 fully saturated rings. The SMILES string of the molecule is COC(=O)N[C@H]1CCC[C@@H]1[C@](CN1CCC1)(c1cccc(F)c1)C1CCN(CC2(F)CN(c3ccc(S(=O)(=O)c4ccncc4)cc3)C2)CC1. The van der Waals surface area contributed by atoms with E-state index in [1.807, 2.05) is 11.0 Å². The van der Waals surface area contributed by atoms with E-state index in [2.05, 4.69) is 26.2 Å². The van der Waals surface area contributed by atoms with Crippen LogP contribution < -0.4 is 10.2 Å². The molecule has 0 bridgehead atoms. The third kappa shape index (κ3) is 6.86. The van der Waals surface area contributed by atoms with E-state index in [0.717, 1.165) is 82.5 Å². The Balaban J connectivity index is 1.03. The predicted octanol–water partition coefficient (Wildman–Crippen LogP) is 5.46. The zero-order valence-corrected chi connectivity index (χ0v) is 29.5. The number of rotatable bonds is 11. The Bertz CT molecular complexity index is 1750. The number of halogens is 2. The molecule has 0 unspecified atom stereocenters. The first kappa shape index (κ1) is 34.8. The van der Waals surface area contributed by atoms with Gasteiger partial charge in [-0.25, -0.2) is 22.0 Å². The first-order valence-corrected chi connectivity index (χ1v) is 19.3. The average Bonchev–Trinajstić information content (AvgIpc) is 3.56. The van der Waals surface area contributed by atoms with Crippen LogP contribution in [0.4, 0.5) is 19.3 Å². The molecule has 12 heteroatoms. The fourth-order valence-corrected chi connectivity index (χ4v) is 10.4. The van der Waals surface area contributed by atoms with Crippen molar-refractivity contribution in [2.24, 2.45) is 11.8 Å². The number of anilines is 1. The number of pyridine rings is 1. The number of amides is 1. The van der Waals surface area contributed by atoms with Crippen LogP contribution in [0.1, 0.15) is 44.1 Å². The molecule has 1 aromatic heterocycles. The lowest BCUT2D eigenvalue weighted by Gasteiger charge is -2.54. The fourth-order valence-electron chi connectivity index (χ4n) is 9.15. The molecule has 268 valence electrons. The van der Waals surface area contributed by atoms with Crippen molar-refractivity contribution >= 4 is 21.6 Å². The number of sulfone groups is 1. The van der Waals surface area contributed by atoms with Gasteiger partial charge in [0.05, 0.1) is 30.0 Å². The molecule has 9 nitrogen and oxygen atoms in total. The number of alkyl halides is 1. The molecule has 2 aromatic carbocycles. The molecule has 7 rings (SSSR count). The lowest BCUT2D eigenvalue weighted by atomic mass is 9.57. The molecule has 3 saturated heterocycles. The summed E-state index contributed by atoms with van der Waals surface area (Å²) in [5, 5.41) is 3.14. The van der Waals surface area contributed by atoms with Gasteiger partial charge >= 0.3 is 6.09 Å². The van der Waals surface area contributed by atoms with Crippen LogP contribution in [-0.4, -0.2) is 100 Å². The Morgan fingerprint density at radius 2 is 1.64 bits per heavy atom. The van der Waals surface area contributed by atoms with E-state index in [0.29, 0.717) is 6.54 Å². The fraction of sp³-hybridized carbons (Fsp3) is 0.526. The molecule has 0 spiro atoms. The van der Waals surface area contributed by atoms with Crippen molar-refractivity contribution in [3.05, 3.63) is 84.4 Å². The van der Waals surface area contributed by atoms with Gasteiger partial charge in [-0.15, -0.1) is 0 Å². The van der Waals surface area contributed by atoms with Crippen LogP contribution in [0.5, 0.6) is 0 Å². The number of alkyl carbamates (subject to hydrolysis) is 1. The van der Waals surface area contributed by atoms with Crippen molar-refractivity contribution in [1.29, 1.82) is 0 Å². The standard InChI is InChI=1S/C38H47F2N5O4S/c1-49-36(46)42-35-8-3-7-34(35)38(27-43-19-4-20-43,29-5-2-6-30(39)23-29)28-15-21-44(22-16-28)24-37(40)25-45(26-37)31-9-11-32(12-10-31)50(47,48)33-13-17-41-18-14-33/h2,5-6,9-14,17-18,23,28,34-35H,3-4,7-8,15-16,19-22,24-27H2,1H3,(H,42,46)/t34-,35-,38-/m0/s1. The Morgan fingerprint density at radius 1 is 0.940 bits per heavy atom. The number of nitrogens with one attached hydrogen (secondary N) is 1. The quantitative estimate of drug-likeness (QED) is 0.281. The van der Waals surface area contributed by atoms with Crippen LogP contribution in [0.2, 0.25) is 0 Å². The predicted molar refractivity (Wildman–Crippen MR) is 187 cm³/mol. The molecule has 0 radical (unpaired) electrons. The molecule has 3 aromatic rings. The molecular formula is C38H47F2N5O4S. The summed E-state index contributed by atoms with van der Waals surface area (Å²) >= 11 is 0. The van der Waals surface area contributed by atoms with Gasteiger partial charge in [-0.3, -0.25) is 9.88 Å². The third-order valence-corrected chi connectivity index (χ3v) is 13.5. The minimum Gasteiger partial charge on any atom is -0.453 e. The number of aromatic nitrogens is 1. The van der Waals surface area contributed by atoms with Crippen LogP contribution in [0.25, 0.3) is 0 Å². The number of carbonyl (C=O) groups excluding carboxylic acids is 1. The van der Waals surface area contributed by atoms with Crippen molar-refractivity contribution in [3.8, 4) is 0 Å². The Hall–Kier alpha value is -3.61. The maximum Gasteiger partial charge on any atom is 0.407 e. The Labute approximate surface area is 293 Å². The molecule has 1 N–H and O–H groups in total. The first-order chi connectivity index (χ1) is 24.1. The average molecular weight is 708 g/mol. The molecule has 50 heavy (non-hydrogen) atoms. The zero-order chi connectivity index (χ0) is 34.9. The number of nitrogens with zero attached hydrogens (tertiary/aromatic N) is 4. The number of hydrogen-bond acceptors (Lipinski definition) is 8. The summed E-state index contributed by atoms with van der Waals surface area (Å²) in [7, 11) is -2.26. The smallest absolute Gasteiger partial charge is 0.407 e. The number of ether oxygens (including phenoxy) is 1. The van der Waals surface area contributed by atoms with Gasteiger partial charge < -0.3 is 19.9 Å². The van der Waals surface area contributed by atoms with Crippen LogP contribution >= 0.6 is 0 Å². The van der Waals surface area contributed by atoms with E-state index >= 15 is 4.39 Å².